The Labute approximate surface area is 99.5 Å². The molecule has 0 amide bonds. The quantitative estimate of drug-likeness (QED) is 0.424. The highest BCUT2D eigenvalue weighted by molar-refractivity contribution is 7.81. The second-order valence-corrected chi connectivity index (χ2v) is 3.71. The number of hydrazone groups is 1. The lowest BCUT2D eigenvalue weighted by Crippen LogP contribution is -2.12. The molecule has 0 heterocycles. The highest BCUT2D eigenvalue weighted by Gasteiger charge is 1.97. The predicted molar refractivity (Wildman–Crippen MR) is 69.8 cm³/mol. The van der Waals surface area contributed by atoms with Crippen LogP contribution in [0.1, 0.15) is 6.92 Å². The van der Waals surface area contributed by atoms with E-state index in [2.05, 4.69) is 23.2 Å². The minimum Gasteiger partial charge on any atom is -0.302 e. The Morgan fingerprint density at radius 2 is 2.07 bits per heavy atom. The van der Waals surface area contributed by atoms with E-state index in [1.54, 1.807) is 19.1 Å². The number of hydrogen-bond donors (Lipinski definition) is 3. The molecule has 1 rings (SSSR count). The Bertz CT molecular complexity index is 373. The summed E-state index contributed by atoms with van der Waals surface area (Å²) in [4.78, 5) is 0. The van der Waals surface area contributed by atoms with Gasteiger partial charge in [-0.25, -0.2) is 0 Å². The van der Waals surface area contributed by atoms with Crippen LogP contribution in [0.2, 0.25) is 5.02 Å². The molecule has 0 unspecified atom stereocenters. The lowest BCUT2D eigenvalue weighted by molar-refractivity contribution is 1.33. The molecule has 15 heavy (non-hydrogen) atoms. The van der Waals surface area contributed by atoms with Crippen molar-refractivity contribution in [3.63, 3.8) is 0 Å². The van der Waals surface area contributed by atoms with Crippen molar-refractivity contribution in [3.05, 3.63) is 29.3 Å². The van der Waals surface area contributed by atoms with Crippen LogP contribution < -0.4 is 5.43 Å². The molecule has 0 aromatic heterocycles. The molecule has 0 bridgehead atoms. The summed E-state index contributed by atoms with van der Waals surface area (Å²) in [5.74, 6) is 0.387. The van der Waals surface area contributed by atoms with Gasteiger partial charge in [0, 0.05) is 10.8 Å². The first-order chi connectivity index (χ1) is 7.13. The van der Waals surface area contributed by atoms with Gasteiger partial charge in [0.15, 0.2) is 0 Å². The van der Waals surface area contributed by atoms with Crippen LogP contribution in [0.4, 0.5) is 5.69 Å². The lowest BCUT2D eigenvalue weighted by atomic mass is 10.3. The maximum Gasteiger partial charge on any atom is 0.0791 e. The van der Waals surface area contributed by atoms with Gasteiger partial charge in [0.05, 0.1) is 17.1 Å². The Balaban J connectivity index is 2.63. The number of benzene rings is 1. The highest BCUT2D eigenvalue weighted by atomic mass is 35.5. The zero-order valence-electron chi connectivity index (χ0n) is 8.29. The normalized spacial score (nSPS) is 11.3. The highest BCUT2D eigenvalue weighted by Crippen LogP contribution is 2.13. The van der Waals surface area contributed by atoms with Crippen molar-refractivity contribution in [2.24, 2.45) is 5.10 Å². The molecule has 0 atom stereocenters. The molecule has 0 saturated carbocycles. The summed E-state index contributed by atoms with van der Waals surface area (Å²) in [5.41, 5.74) is 4.71. The van der Waals surface area contributed by atoms with Crippen molar-refractivity contribution < 1.29 is 0 Å². The van der Waals surface area contributed by atoms with E-state index in [1.807, 2.05) is 12.1 Å². The number of thiol groups is 1. The zero-order chi connectivity index (χ0) is 11.3. The van der Waals surface area contributed by atoms with Crippen LogP contribution in [-0.2, 0) is 0 Å². The van der Waals surface area contributed by atoms with E-state index < -0.39 is 0 Å². The fourth-order valence-electron chi connectivity index (χ4n) is 0.855. The molecule has 5 heteroatoms. The first-order valence-electron chi connectivity index (χ1n) is 4.38. The lowest BCUT2D eigenvalue weighted by Gasteiger charge is -2.02. The Morgan fingerprint density at radius 3 is 2.60 bits per heavy atom. The average Bonchev–Trinajstić information content (AvgIpc) is 2.26. The number of anilines is 1. The standard InChI is InChI=1S/C10H12ClN3S/c1-7(10(12)6-15)13-14-9-4-2-8(11)3-5-9/h2-5,12,14-15H,6H2,1H3/b12-10?,13-7-. The third-order valence-electron chi connectivity index (χ3n) is 1.79. The van der Waals surface area contributed by atoms with Crippen molar-refractivity contribution in [3.8, 4) is 0 Å². The predicted octanol–water partition coefficient (Wildman–Crippen LogP) is 3.08. The molecule has 0 saturated heterocycles. The van der Waals surface area contributed by atoms with Gasteiger partial charge >= 0.3 is 0 Å². The molecule has 0 spiro atoms. The molecule has 1 aromatic rings. The van der Waals surface area contributed by atoms with Crippen molar-refractivity contribution in [2.75, 3.05) is 11.2 Å². The number of nitrogens with one attached hydrogen (secondary N) is 2. The minimum atomic E-state index is 0.387. The summed E-state index contributed by atoms with van der Waals surface area (Å²) in [7, 11) is 0. The van der Waals surface area contributed by atoms with E-state index in [1.165, 1.54) is 0 Å². The SMILES string of the molecule is C/C(=N/Nc1ccc(Cl)cc1)C(=N)CS. The molecule has 80 valence electrons. The number of hydrogen-bond acceptors (Lipinski definition) is 4. The molecule has 0 aliphatic rings. The molecule has 0 radical (unpaired) electrons. The molecule has 3 nitrogen and oxygen atoms in total. The number of halogens is 1. The Kier molecular flexibility index (Phi) is 4.65. The van der Waals surface area contributed by atoms with Gasteiger partial charge in [0.25, 0.3) is 0 Å². The summed E-state index contributed by atoms with van der Waals surface area (Å²) in [6.07, 6.45) is 0. The Hall–Kier alpha value is -1.000. The van der Waals surface area contributed by atoms with E-state index >= 15 is 0 Å². The van der Waals surface area contributed by atoms with E-state index in [4.69, 9.17) is 17.0 Å². The van der Waals surface area contributed by atoms with Crippen molar-refractivity contribution in [1.82, 2.24) is 0 Å². The van der Waals surface area contributed by atoms with Gasteiger partial charge in [-0.2, -0.15) is 17.7 Å². The van der Waals surface area contributed by atoms with Crippen molar-refractivity contribution >= 4 is 41.3 Å². The second-order valence-electron chi connectivity index (χ2n) is 2.95. The summed E-state index contributed by atoms with van der Waals surface area (Å²) < 4.78 is 0. The molecular formula is C10H12ClN3S. The number of rotatable bonds is 4. The van der Waals surface area contributed by atoms with E-state index in [9.17, 15) is 0 Å². The first-order valence-corrected chi connectivity index (χ1v) is 5.39. The summed E-state index contributed by atoms with van der Waals surface area (Å²) in [6.45, 7) is 1.77. The van der Waals surface area contributed by atoms with Gasteiger partial charge in [-0.3, -0.25) is 5.43 Å². The van der Waals surface area contributed by atoms with Gasteiger partial charge in [-0.1, -0.05) is 11.6 Å². The third-order valence-corrected chi connectivity index (χ3v) is 2.36. The van der Waals surface area contributed by atoms with E-state index in [-0.39, 0.29) is 0 Å². The summed E-state index contributed by atoms with van der Waals surface area (Å²) in [6, 6.07) is 7.20. The van der Waals surface area contributed by atoms with E-state index in [0.29, 0.717) is 22.2 Å². The van der Waals surface area contributed by atoms with Crippen LogP contribution >= 0.6 is 24.2 Å². The minimum absolute atomic E-state index is 0.387. The smallest absolute Gasteiger partial charge is 0.0791 e. The third kappa shape index (κ3) is 3.93. The van der Waals surface area contributed by atoms with Gasteiger partial charge in [0.2, 0.25) is 0 Å². The van der Waals surface area contributed by atoms with Gasteiger partial charge in [-0.05, 0) is 31.2 Å². The van der Waals surface area contributed by atoms with Crippen LogP contribution in [0.3, 0.4) is 0 Å². The van der Waals surface area contributed by atoms with Crippen LogP contribution in [0.25, 0.3) is 0 Å². The topological polar surface area (TPSA) is 48.2 Å². The first kappa shape index (κ1) is 12.1. The molecule has 2 N–H and O–H groups in total. The molecule has 0 aliphatic carbocycles. The van der Waals surface area contributed by atoms with Gasteiger partial charge < -0.3 is 5.41 Å². The molecule has 0 fully saturated rings. The largest absolute Gasteiger partial charge is 0.302 e. The average molecular weight is 242 g/mol. The summed E-state index contributed by atoms with van der Waals surface area (Å²) >= 11 is 9.74. The fourth-order valence-corrected chi connectivity index (χ4v) is 1.21. The van der Waals surface area contributed by atoms with E-state index in [0.717, 1.165) is 5.69 Å². The number of nitrogens with zero attached hydrogens (tertiary/aromatic N) is 1. The second kappa shape index (κ2) is 5.78. The molecule has 1 aromatic carbocycles. The zero-order valence-corrected chi connectivity index (χ0v) is 9.94. The van der Waals surface area contributed by atoms with Crippen LogP contribution in [-0.4, -0.2) is 17.2 Å². The van der Waals surface area contributed by atoms with Crippen LogP contribution in [0, 0.1) is 5.41 Å². The maximum absolute atomic E-state index is 7.48. The van der Waals surface area contributed by atoms with Crippen LogP contribution in [0.15, 0.2) is 29.4 Å². The van der Waals surface area contributed by atoms with Gasteiger partial charge in [0.1, 0.15) is 0 Å². The maximum atomic E-state index is 7.48. The Morgan fingerprint density at radius 1 is 1.47 bits per heavy atom. The molecule has 0 aliphatic heterocycles. The van der Waals surface area contributed by atoms with Gasteiger partial charge in [-0.15, -0.1) is 0 Å². The van der Waals surface area contributed by atoms with Crippen molar-refractivity contribution in [2.45, 2.75) is 6.92 Å². The van der Waals surface area contributed by atoms with Crippen molar-refractivity contribution in [1.29, 1.82) is 5.41 Å². The summed E-state index contributed by atoms with van der Waals surface area (Å²) in [5, 5.41) is 12.2. The monoisotopic (exact) mass is 241 g/mol. The van der Waals surface area contributed by atoms with Crippen LogP contribution in [0.5, 0.6) is 0 Å². The fraction of sp³-hybridized carbons (Fsp3) is 0.200. The molecular weight excluding hydrogens is 230 g/mol.